The molecule has 1 heterocycles. The lowest BCUT2D eigenvalue weighted by molar-refractivity contribution is 0.102. The van der Waals surface area contributed by atoms with E-state index in [9.17, 15) is 13.2 Å². The van der Waals surface area contributed by atoms with Crippen LogP contribution in [0.25, 0.3) is 0 Å². The van der Waals surface area contributed by atoms with Gasteiger partial charge in [0.2, 0.25) is 5.88 Å². The molecule has 0 saturated carbocycles. The Morgan fingerprint density at radius 3 is 2.48 bits per heavy atom. The van der Waals surface area contributed by atoms with Gasteiger partial charge in [0.1, 0.15) is 5.88 Å². The SMILES string of the molecule is COc1ccn(CS(=O)(=O)c2ccc(C(=O)Nc3ccccc3N)cc2)n1. The standard InChI is InChI=1S/C18H18N4O4S/c1-26-17-10-11-22(21-17)12-27(24,25)14-8-6-13(7-9-14)18(23)20-16-5-3-2-4-15(16)19/h2-11H,12,19H2,1H3,(H,20,23). The van der Waals surface area contributed by atoms with Crippen molar-refractivity contribution in [3.8, 4) is 5.88 Å². The van der Waals surface area contributed by atoms with Crippen LogP contribution in [0.2, 0.25) is 0 Å². The summed E-state index contributed by atoms with van der Waals surface area (Å²) < 4.78 is 31.2. The molecule has 0 aliphatic carbocycles. The first kappa shape index (κ1) is 18.5. The lowest BCUT2D eigenvalue weighted by Crippen LogP contribution is -2.14. The lowest BCUT2D eigenvalue weighted by atomic mass is 10.2. The number of benzene rings is 2. The van der Waals surface area contributed by atoms with Crippen LogP contribution in [-0.4, -0.2) is 31.2 Å². The van der Waals surface area contributed by atoms with E-state index in [1.54, 1.807) is 30.3 Å². The maximum absolute atomic E-state index is 12.5. The van der Waals surface area contributed by atoms with Gasteiger partial charge in [-0.15, -0.1) is 5.10 Å². The van der Waals surface area contributed by atoms with Crippen molar-refractivity contribution in [3.63, 3.8) is 0 Å². The van der Waals surface area contributed by atoms with Crippen LogP contribution in [0.15, 0.2) is 65.7 Å². The summed E-state index contributed by atoms with van der Waals surface area (Å²) in [5.74, 6) is -0.381. The van der Waals surface area contributed by atoms with E-state index in [1.165, 1.54) is 42.3 Å². The number of nitrogens with two attached hydrogens (primary N) is 1. The Labute approximate surface area is 156 Å². The third kappa shape index (κ3) is 4.26. The zero-order chi connectivity index (χ0) is 19.4. The molecule has 140 valence electrons. The molecular weight excluding hydrogens is 368 g/mol. The van der Waals surface area contributed by atoms with E-state index < -0.39 is 9.84 Å². The number of ether oxygens (including phenoxy) is 1. The Kier molecular flexibility index (Phi) is 5.13. The summed E-state index contributed by atoms with van der Waals surface area (Å²) in [5.41, 5.74) is 7.06. The van der Waals surface area contributed by atoms with E-state index in [-0.39, 0.29) is 16.7 Å². The summed E-state index contributed by atoms with van der Waals surface area (Å²) in [4.78, 5) is 12.4. The molecule has 8 nitrogen and oxygen atoms in total. The van der Waals surface area contributed by atoms with Gasteiger partial charge in [0.05, 0.1) is 23.4 Å². The number of nitrogens with zero attached hydrogens (tertiary/aromatic N) is 2. The molecule has 0 radical (unpaired) electrons. The maximum Gasteiger partial charge on any atom is 0.255 e. The molecule has 3 N–H and O–H groups in total. The molecule has 2 aromatic carbocycles. The number of sulfone groups is 1. The third-order valence-electron chi connectivity index (χ3n) is 3.81. The number of methoxy groups -OCH3 is 1. The molecular formula is C18H18N4O4S. The van der Waals surface area contributed by atoms with Gasteiger partial charge in [-0.2, -0.15) is 0 Å². The van der Waals surface area contributed by atoms with Crippen LogP contribution in [0.5, 0.6) is 5.88 Å². The van der Waals surface area contributed by atoms with E-state index in [4.69, 9.17) is 10.5 Å². The first-order valence-electron chi connectivity index (χ1n) is 7.95. The summed E-state index contributed by atoms with van der Waals surface area (Å²) in [5, 5.41) is 6.67. The van der Waals surface area contributed by atoms with Crippen molar-refractivity contribution in [1.82, 2.24) is 9.78 Å². The molecule has 0 aliphatic rings. The van der Waals surface area contributed by atoms with Crippen LogP contribution >= 0.6 is 0 Å². The van der Waals surface area contributed by atoms with Gasteiger partial charge in [0.15, 0.2) is 9.84 Å². The van der Waals surface area contributed by atoms with Gasteiger partial charge in [-0.3, -0.25) is 9.48 Å². The number of carbonyl (C=O) groups is 1. The second kappa shape index (κ2) is 7.50. The Morgan fingerprint density at radius 1 is 1.15 bits per heavy atom. The van der Waals surface area contributed by atoms with Gasteiger partial charge in [-0.25, -0.2) is 8.42 Å². The Bertz CT molecular complexity index is 1060. The Morgan fingerprint density at radius 2 is 1.85 bits per heavy atom. The number of para-hydroxylation sites is 2. The molecule has 0 fully saturated rings. The predicted octanol–water partition coefficient (Wildman–Crippen LogP) is 2.16. The molecule has 0 atom stereocenters. The number of nitrogen functional groups attached to an aromatic ring is 1. The van der Waals surface area contributed by atoms with Gasteiger partial charge in [-0.1, -0.05) is 12.1 Å². The van der Waals surface area contributed by atoms with Crippen molar-refractivity contribution in [2.45, 2.75) is 10.8 Å². The molecule has 1 amide bonds. The molecule has 9 heteroatoms. The molecule has 0 bridgehead atoms. The fraction of sp³-hybridized carbons (Fsp3) is 0.111. The number of anilines is 2. The molecule has 0 aliphatic heterocycles. The highest BCUT2D eigenvalue weighted by Gasteiger charge is 2.17. The van der Waals surface area contributed by atoms with Crippen molar-refractivity contribution in [2.24, 2.45) is 0 Å². The monoisotopic (exact) mass is 386 g/mol. The number of aromatic nitrogens is 2. The smallest absolute Gasteiger partial charge is 0.255 e. The molecule has 0 unspecified atom stereocenters. The molecule has 27 heavy (non-hydrogen) atoms. The zero-order valence-corrected chi connectivity index (χ0v) is 15.3. The lowest BCUT2D eigenvalue weighted by Gasteiger charge is -2.09. The summed E-state index contributed by atoms with van der Waals surface area (Å²) in [7, 11) is -2.17. The highest BCUT2D eigenvalue weighted by molar-refractivity contribution is 7.90. The molecule has 3 aromatic rings. The number of hydrogen-bond donors (Lipinski definition) is 2. The van der Waals surface area contributed by atoms with Crippen molar-refractivity contribution in [1.29, 1.82) is 0 Å². The number of rotatable bonds is 6. The fourth-order valence-electron chi connectivity index (χ4n) is 2.39. The summed E-state index contributed by atoms with van der Waals surface area (Å²) in [6.45, 7) is 0. The van der Waals surface area contributed by atoms with Gasteiger partial charge in [0, 0.05) is 17.8 Å². The minimum absolute atomic E-state index is 0.0905. The minimum atomic E-state index is -3.62. The number of amides is 1. The maximum atomic E-state index is 12.5. The summed E-state index contributed by atoms with van der Waals surface area (Å²) >= 11 is 0. The second-order valence-corrected chi connectivity index (χ2v) is 7.67. The number of hydrogen-bond acceptors (Lipinski definition) is 6. The van der Waals surface area contributed by atoms with Crippen LogP contribution in [-0.2, 0) is 15.7 Å². The predicted molar refractivity (Wildman–Crippen MR) is 101 cm³/mol. The van der Waals surface area contributed by atoms with E-state index in [2.05, 4.69) is 10.4 Å². The average Bonchev–Trinajstić information content (AvgIpc) is 3.10. The quantitative estimate of drug-likeness (QED) is 0.627. The van der Waals surface area contributed by atoms with Crippen LogP contribution in [0.3, 0.4) is 0 Å². The second-order valence-electron chi connectivity index (χ2n) is 5.71. The fourth-order valence-corrected chi connectivity index (χ4v) is 3.58. The molecule has 3 rings (SSSR count). The molecule has 0 spiro atoms. The largest absolute Gasteiger partial charge is 0.480 e. The Hall–Kier alpha value is -3.33. The van der Waals surface area contributed by atoms with Crippen molar-refractivity contribution >= 4 is 27.1 Å². The zero-order valence-electron chi connectivity index (χ0n) is 14.5. The first-order valence-corrected chi connectivity index (χ1v) is 9.60. The minimum Gasteiger partial charge on any atom is -0.480 e. The average molecular weight is 386 g/mol. The number of carbonyl (C=O) groups excluding carboxylic acids is 1. The third-order valence-corrected chi connectivity index (χ3v) is 5.41. The topological polar surface area (TPSA) is 116 Å². The van der Waals surface area contributed by atoms with Gasteiger partial charge in [0.25, 0.3) is 5.91 Å². The van der Waals surface area contributed by atoms with E-state index in [0.717, 1.165) is 0 Å². The molecule has 1 aromatic heterocycles. The number of nitrogens with one attached hydrogen (secondary N) is 1. The van der Waals surface area contributed by atoms with Gasteiger partial charge in [-0.05, 0) is 36.4 Å². The van der Waals surface area contributed by atoms with Crippen molar-refractivity contribution < 1.29 is 17.9 Å². The van der Waals surface area contributed by atoms with Crippen LogP contribution in [0, 0.1) is 0 Å². The summed E-state index contributed by atoms with van der Waals surface area (Å²) in [6.07, 6.45) is 1.52. The first-order chi connectivity index (χ1) is 12.9. The van der Waals surface area contributed by atoms with Gasteiger partial charge < -0.3 is 15.8 Å². The van der Waals surface area contributed by atoms with Crippen molar-refractivity contribution in [2.75, 3.05) is 18.2 Å². The summed E-state index contributed by atoms with van der Waals surface area (Å²) in [6, 6.07) is 14.1. The highest BCUT2D eigenvalue weighted by Crippen LogP contribution is 2.19. The van der Waals surface area contributed by atoms with Gasteiger partial charge >= 0.3 is 0 Å². The van der Waals surface area contributed by atoms with E-state index in [1.807, 2.05) is 0 Å². The Balaban J connectivity index is 1.74. The normalized spacial score (nSPS) is 11.1. The molecule has 0 saturated heterocycles. The van der Waals surface area contributed by atoms with Crippen molar-refractivity contribution in [3.05, 3.63) is 66.4 Å². The van der Waals surface area contributed by atoms with Crippen LogP contribution in [0.1, 0.15) is 10.4 Å². The highest BCUT2D eigenvalue weighted by atomic mass is 32.2. The van der Waals surface area contributed by atoms with E-state index >= 15 is 0 Å². The van der Waals surface area contributed by atoms with E-state index in [0.29, 0.717) is 22.8 Å². The van der Waals surface area contributed by atoms with Crippen LogP contribution in [0.4, 0.5) is 11.4 Å². The van der Waals surface area contributed by atoms with Crippen LogP contribution < -0.4 is 15.8 Å².